The van der Waals surface area contributed by atoms with Crippen LogP contribution in [0.2, 0.25) is 0 Å². The summed E-state index contributed by atoms with van der Waals surface area (Å²) in [6, 6.07) is 0. The number of rotatable bonds is 5. The molecule has 0 spiro atoms. The molecule has 0 aliphatic heterocycles. The van der Waals surface area contributed by atoms with Crippen LogP contribution in [0.25, 0.3) is 0 Å². The Hall–Kier alpha value is -0.550. The van der Waals surface area contributed by atoms with Crippen LogP contribution in [0.3, 0.4) is 0 Å². The first-order chi connectivity index (χ1) is 15.1. The summed E-state index contributed by atoms with van der Waals surface area (Å²) < 4.78 is 39.1. The zero-order valence-electron chi connectivity index (χ0n) is 21.3. The molecule has 9 atom stereocenters. The van der Waals surface area contributed by atoms with Gasteiger partial charge in [-0.15, -0.1) is 0 Å². The minimum atomic E-state index is -4.56. The zero-order chi connectivity index (χ0) is 24.4. The van der Waals surface area contributed by atoms with Crippen molar-refractivity contribution in [3.63, 3.8) is 0 Å². The van der Waals surface area contributed by atoms with Crippen LogP contribution in [0.4, 0.5) is 13.2 Å². The number of hydrogen-bond acceptors (Lipinski definition) is 2. The third-order valence-electron chi connectivity index (χ3n) is 11.1. The molecule has 0 radical (unpaired) electrons. The van der Waals surface area contributed by atoms with Gasteiger partial charge in [0.25, 0.3) is 0 Å². The summed E-state index contributed by atoms with van der Waals surface area (Å²) in [4.78, 5) is 0. The average Bonchev–Trinajstić information content (AvgIpc) is 3.04. The van der Waals surface area contributed by atoms with E-state index in [1.165, 1.54) is 31.3 Å². The molecule has 5 heteroatoms. The van der Waals surface area contributed by atoms with Crippen LogP contribution < -0.4 is 0 Å². The second-order valence-electron chi connectivity index (χ2n) is 13.3. The van der Waals surface area contributed by atoms with Gasteiger partial charge in [-0.2, -0.15) is 13.2 Å². The number of aliphatic hydroxyl groups is 2. The fourth-order valence-corrected chi connectivity index (χ4v) is 8.89. The molecule has 4 rings (SSSR count). The molecule has 0 heterocycles. The third kappa shape index (κ3) is 4.32. The fraction of sp³-hybridized carbons (Fsp3) is 0.929. The largest absolute Gasteiger partial charge is 0.416 e. The molecule has 0 saturated heterocycles. The molecule has 2 nitrogen and oxygen atoms in total. The Morgan fingerprint density at radius 1 is 1.06 bits per heavy atom. The van der Waals surface area contributed by atoms with E-state index in [9.17, 15) is 23.4 Å². The Labute approximate surface area is 198 Å². The van der Waals surface area contributed by atoms with Gasteiger partial charge in [0, 0.05) is 0 Å². The quantitative estimate of drug-likeness (QED) is 0.410. The minimum absolute atomic E-state index is 0.214. The van der Waals surface area contributed by atoms with Gasteiger partial charge in [-0.05, 0) is 118 Å². The van der Waals surface area contributed by atoms with E-state index in [4.69, 9.17) is 0 Å². The van der Waals surface area contributed by atoms with Crippen molar-refractivity contribution in [3.05, 3.63) is 11.6 Å². The Morgan fingerprint density at radius 3 is 2.42 bits per heavy atom. The van der Waals surface area contributed by atoms with Gasteiger partial charge in [0.1, 0.15) is 0 Å². The Kier molecular flexibility index (Phi) is 6.39. The van der Waals surface area contributed by atoms with Crippen molar-refractivity contribution in [1.82, 2.24) is 0 Å². The van der Waals surface area contributed by atoms with Gasteiger partial charge < -0.3 is 10.2 Å². The van der Waals surface area contributed by atoms with Crippen LogP contribution in [0.5, 0.6) is 0 Å². The summed E-state index contributed by atoms with van der Waals surface area (Å²) in [6.45, 7) is 10.0. The van der Waals surface area contributed by atoms with Crippen LogP contribution in [-0.2, 0) is 0 Å². The van der Waals surface area contributed by atoms with Gasteiger partial charge in [-0.25, -0.2) is 0 Å². The summed E-state index contributed by atoms with van der Waals surface area (Å²) in [6.07, 6.45) is 7.64. The van der Waals surface area contributed by atoms with Crippen LogP contribution in [0.1, 0.15) is 105 Å². The lowest BCUT2D eigenvalue weighted by Crippen LogP contribution is -2.52. The highest BCUT2D eigenvalue weighted by atomic mass is 19.4. The smallest absolute Gasteiger partial charge is 0.390 e. The maximum atomic E-state index is 13.0. The van der Waals surface area contributed by atoms with Gasteiger partial charge in [0.05, 0.1) is 5.60 Å². The molecule has 0 bridgehead atoms. The second kappa shape index (κ2) is 8.25. The molecular formula is C28H45F3O2. The summed E-state index contributed by atoms with van der Waals surface area (Å²) in [7, 11) is 0. The lowest BCUT2D eigenvalue weighted by Gasteiger charge is -2.59. The molecule has 4 aliphatic carbocycles. The van der Waals surface area contributed by atoms with E-state index in [0.717, 1.165) is 39.0 Å². The van der Waals surface area contributed by atoms with Gasteiger partial charge >= 0.3 is 6.18 Å². The van der Waals surface area contributed by atoms with Crippen molar-refractivity contribution in [3.8, 4) is 0 Å². The molecule has 0 amide bonds. The van der Waals surface area contributed by atoms with E-state index in [1.807, 2.05) is 6.92 Å². The monoisotopic (exact) mass is 470 g/mol. The Balaban J connectivity index is 1.44. The zero-order valence-corrected chi connectivity index (χ0v) is 21.3. The van der Waals surface area contributed by atoms with Gasteiger partial charge in [-0.3, -0.25) is 0 Å². The SMILES string of the molecule is C[C@H](CCC[C@](C)(O)C(F)(F)F)[C@H]1CC[C@H]2[C@@H]3CC=C4C[C@@](C)(O)CC[C@]4(C)[C@H]3CC[C@]12C. The van der Waals surface area contributed by atoms with E-state index in [-0.39, 0.29) is 17.3 Å². The molecule has 2 N–H and O–H groups in total. The Bertz CT molecular complexity index is 770. The van der Waals surface area contributed by atoms with Crippen molar-refractivity contribution >= 4 is 0 Å². The number of hydrogen-bond donors (Lipinski definition) is 2. The Morgan fingerprint density at radius 2 is 1.76 bits per heavy atom. The molecule has 4 aliphatic rings. The predicted octanol–water partition coefficient (Wildman–Crippen LogP) is 7.44. The predicted molar refractivity (Wildman–Crippen MR) is 126 cm³/mol. The minimum Gasteiger partial charge on any atom is -0.390 e. The van der Waals surface area contributed by atoms with E-state index in [2.05, 4.69) is 26.8 Å². The first-order valence-electron chi connectivity index (χ1n) is 13.3. The van der Waals surface area contributed by atoms with E-state index < -0.39 is 17.4 Å². The van der Waals surface area contributed by atoms with Gasteiger partial charge in [0.15, 0.2) is 5.60 Å². The molecule has 3 saturated carbocycles. The number of allylic oxidation sites excluding steroid dienone is 1. The van der Waals surface area contributed by atoms with Crippen molar-refractivity contribution in [2.45, 2.75) is 123 Å². The molecule has 0 aromatic rings. The van der Waals surface area contributed by atoms with E-state index >= 15 is 0 Å². The van der Waals surface area contributed by atoms with Gasteiger partial charge in [-0.1, -0.05) is 38.8 Å². The van der Waals surface area contributed by atoms with Gasteiger partial charge in [0.2, 0.25) is 0 Å². The lowest BCUT2D eigenvalue weighted by molar-refractivity contribution is -0.255. The maximum absolute atomic E-state index is 13.0. The average molecular weight is 471 g/mol. The standard InChI is InChI=1S/C28H45F3O2/c1-18(7-6-13-27(5,33)28(29,30)31)21-10-11-22-20-9-8-19-17-24(2,32)15-16-25(19,3)23(20)12-14-26(21,22)4/h8,18,20-23,32-33H,6-7,9-17H2,1-5H3/t18-,20+,21-,22+,23+,24+,25+,26-,27+/m1/s1. The molecule has 0 aromatic carbocycles. The molecule has 33 heavy (non-hydrogen) atoms. The maximum Gasteiger partial charge on any atom is 0.416 e. The topological polar surface area (TPSA) is 40.5 Å². The normalized spacial score (nSPS) is 45.9. The molecule has 190 valence electrons. The first kappa shape index (κ1) is 25.5. The van der Waals surface area contributed by atoms with Crippen molar-refractivity contribution in [2.24, 2.45) is 40.4 Å². The summed E-state index contributed by atoms with van der Waals surface area (Å²) in [5, 5.41) is 20.5. The lowest BCUT2D eigenvalue weighted by atomic mass is 9.46. The second-order valence-corrected chi connectivity index (χ2v) is 13.3. The fourth-order valence-electron chi connectivity index (χ4n) is 8.89. The summed E-state index contributed by atoms with van der Waals surface area (Å²) in [5.41, 5.74) is -1.16. The van der Waals surface area contributed by atoms with Crippen molar-refractivity contribution in [2.75, 3.05) is 0 Å². The van der Waals surface area contributed by atoms with Crippen LogP contribution in [0.15, 0.2) is 11.6 Å². The van der Waals surface area contributed by atoms with Crippen LogP contribution in [0, 0.1) is 40.4 Å². The highest BCUT2D eigenvalue weighted by Gasteiger charge is 2.59. The number of fused-ring (bicyclic) bond motifs is 5. The summed E-state index contributed by atoms with van der Waals surface area (Å²) >= 11 is 0. The van der Waals surface area contributed by atoms with Crippen LogP contribution in [-0.4, -0.2) is 27.6 Å². The number of alkyl halides is 3. The van der Waals surface area contributed by atoms with Crippen molar-refractivity contribution in [1.29, 1.82) is 0 Å². The molecular weight excluding hydrogens is 425 g/mol. The van der Waals surface area contributed by atoms with Crippen molar-refractivity contribution < 1.29 is 23.4 Å². The van der Waals surface area contributed by atoms with E-state index in [0.29, 0.717) is 36.0 Å². The first-order valence-corrected chi connectivity index (χ1v) is 13.3. The molecule has 3 fully saturated rings. The van der Waals surface area contributed by atoms with Crippen LogP contribution >= 0.6 is 0 Å². The highest BCUT2D eigenvalue weighted by Crippen LogP contribution is 2.67. The number of halogens is 3. The van der Waals surface area contributed by atoms with E-state index in [1.54, 1.807) is 0 Å². The highest BCUT2D eigenvalue weighted by molar-refractivity contribution is 5.26. The third-order valence-corrected chi connectivity index (χ3v) is 11.1. The molecule has 0 unspecified atom stereocenters. The molecule has 0 aromatic heterocycles. The summed E-state index contributed by atoms with van der Waals surface area (Å²) in [5.74, 6) is 3.03.